The lowest BCUT2D eigenvalue weighted by Crippen LogP contribution is -2.22. The molecule has 0 saturated carbocycles. The molecule has 0 saturated heterocycles. The molecule has 0 radical (unpaired) electrons. The summed E-state index contributed by atoms with van der Waals surface area (Å²) >= 11 is 0. The number of esters is 1. The van der Waals surface area contributed by atoms with Crippen LogP contribution in [0, 0.1) is 0 Å². The zero-order chi connectivity index (χ0) is 25.3. The van der Waals surface area contributed by atoms with Crippen molar-refractivity contribution in [1.29, 1.82) is 0 Å². The Morgan fingerprint density at radius 2 is 0.971 bits per heavy atom. The first-order valence-electron chi connectivity index (χ1n) is 14.2. The predicted molar refractivity (Wildman–Crippen MR) is 141 cm³/mol. The minimum atomic E-state index is -4.28. The van der Waals surface area contributed by atoms with E-state index in [4.69, 9.17) is 14.5 Å². The van der Waals surface area contributed by atoms with Crippen LogP contribution in [0.5, 0.6) is 0 Å². The summed E-state index contributed by atoms with van der Waals surface area (Å²) in [5, 5.41) is 9.41. The van der Waals surface area contributed by atoms with Crippen molar-refractivity contribution in [1.82, 2.24) is 0 Å². The summed E-state index contributed by atoms with van der Waals surface area (Å²) in [6.45, 7) is 1.92. The van der Waals surface area contributed by atoms with E-state index >= 15 is 0 Å². The molecule has 0 amide bonds. The van der Waals surface area contributed by atoms with Gasteiger partial charge in [-0.2, -0.15) is 0 Å². The van der Waals surface area contributed by atoms with Gasteiger partial charge in [0.15, 0.2) is 0 Å². The minimum absolute atomic E-state index is 0.293. The molecule has 1 atom stereocenters. The number of carbonyl (C=O) groups excluding carboxylic acids is 1. The van der Waals surface area contributed by atoms with E-state index < -0.39 is 25.8 Å². The average Bonchev–Trinajstić information content (AvgIpc) is 2.77. The van der Waals surface area contributed by atoms with Gasteiger partial charge in [-0.3, -0.25) is 9.36 Å². The molecule has 0 spiro atoms. The smallest absolute Gasteiger partial charge is 0.328 e. The number of aliphatic hydroxyl groups is 1. The summed E-state index contributed by atoms with van der Waals surface area (Å²) in [4.78, 5) is 29.1. The van der Waals surface area contributed by atoms with E-state index in [0.717, 1.165) is 19.3 Å². The van der Waals surface area contributed by atoms with E-state index in [0.29, 0.717) is 6.42 Å². The molecule has 0 aliphatic rings. The lowest BCUT2D eigenvalue weighted by Gasteiger charge is -2.12. The largest absolute Gasteiger partial charge is 0.463 e. The Morgan fingerprint density at radius 3 is 1.29 bits per heavy atom. The van der Waals surface area contributed by atoms with E-state index in [1.807, 2.05) is 0 Å². The van der Waals surface area contributed by atoms with Crippen molar-refractivity contribution in [3.63, 3.8) is 0 Å². The second-order valence-corrected chi connectivity index (χ2v) is 11.7. The van der Waals surface area contributed by atoms with Crippen LogP contribution < -0.4 is 0 Å². The fraction of sp³-hybridized carbons (Fsp3) is 0.963. The zero-order valence-electron chi connectivity index (χ0n) is 22.1. The molecule has 0 aromatic rings. The van der Waals surface area contributed by atoms with Crippen LogP contribution >= 0.6 is 7.60 Å². The first-order chi connectivity index (χ1) is 16.3. The van der Waals surface area contributed by atoms with Crippen molar-refractivity contribution >= 4 is 13.6 Å². The summed E-state index contributed by atoms with van der Waals surface area (Å²) in [7, 11) is -4.28. The Kier molecular flexibility index (Phi) is 24.0. The van der Waals surface area contributed by atoms with Crippen molar-refractivity contribution in [2.45, 2.75) is 154 Å². The molecule has 0 bridgehead atoms. The van der Waals surface area contributed by atoms with Crippen LogP contribution in [0.15, 0.2) is 0 Å². The van der Waals surface area contributed by atoms with Gasteiger partial charge in [0.05, 0.1) is 12.3 Å². The molecule has 0 fully saturated rings. The second-order valence-electron chi connectivity index (χ2n) is 10.0. The van der Waals surface area contributed by atoms with Crippen molar-refractivity contribution < 1.29 is 29.0 Å². The lowest BCUT2D eigenvalue weighted by atomic mass is 10.0. The highest BCUT2D eigenvalue weighted by atomic mass is 31.2. The Morgan fingerprint density at radius 1 is 0.647 bits per heavy atom. The Bertz CT molecular complexity index is 494. The molecule has 0 heterocycles. The van der Waals surface area contributed by atoms with Crippen LogP contribution in [-0.4, -0.2) is 39.7 Å². The standard InChI is InChI=1S/C27H55O6P/c1-2-3-4-5-6-7-8-9-10-11-12-13-14-15-16-17-18-19-20-21-22-23-27(29)33-24-26(28)25-34(30,31)32/h26,28H,2-25H2,1H3,(H2,30,31,32). The molecule has 0 rings (SSSR count). The maximum absolute atomic E-state index is 11.6. The van der Waals surface area contributed by atoms with E-state index in [9.17, 15) is 14.5 Å². The molecule has 204 valence electrons. The van der Waals surface area contributed by atoms with E-state index in [1.54, 1.807) is 0 Å². The number of ether oxygens (including phenoxy) is 1. The second kappa shape index (κ2) is 24.3. The fourth-order valence-electron chi connectivity index (χ4n) is 4.29. The van der Waals surface area contributed by atoms with Crippen molar-refractivity contribution in [3.8, 4) is 0 Å². The molecule has 1 unspecified atom stereocenters. The van der Waals surface area contributed by atoms with Gasteiger partial charge in [-0.1, -0.05) is 135 Å². The van der Waals surface area contributed by atoms with Gasteiger partial charge in [0.2, 0.25) is 0 Å². The number of unbranched alkanes of at least 4 members (excludes halogenated alkanes) is 20. The van der Waals surface area contributed by atoms with Crippen molar-refractivity contribution in [2.24, 2.45) is 0 Å². The highest BCUT2D eigenvalue weighted by Gasteiger charge is 2.20. The molecule has 7 heteroatoms. The molecule has 6 nitrogen and oxygen atoms in total. The summed E-state index contributed by atoms with van der Waals surface area (Å²) in [6, 6.07) is 0. The SMILES string of the molecule is CCCCCCCCCCCCCCCCCCCCCCCC(=O)OCC(O)CP(=O)(O)O. The third-order valence-corrected chi connectivity index (χ3v) is 7.27. The minimum Gasteiger partial charge on any atom is -0.463 e. The number of rotatable bonds is 26. The number of carbonyl (C=O) groups is 1. The molecule has 0 aromatic carbocycles. The zero-order valence-corrected chi connectivity index (χ0v) is 23.0. The van der Waals surface area contributed by atoms with Crippen LogP contribution in [0.2, 0.25) is 0 Å². The Balaban J connectivity index is 3.21. The maximum atomic E-state index is 11.6. The molecule has 0 aliphatic carbocycles. The molecule has 34 heavy (non-hydrogen) atoms. The number of hydrogen-bond donors (Lipinski definition) is 3. The van der Waals surface area contributed by atoms with Crippen LogP contribution in [0.3, 0.4) is 0 Å². The van der Waals surface area contributed by atoms with Crippen LogP contribution in [0.4, 0.5) is 0 Å². The molecule has 0 aromatic heterocycles. The predicted octanol–water partition coefficient (Wildman–Crippen LogP) is 7.67. The number of hydrogen-bond acceptors (Lipinski definition) is 4. The number of aliphatic hydroxyl groups excluding tert-OH is 1. The van der Waals surface area contributed by atoms with Gasteiger partial charge in [-0.05, 0) is 6.42 Å². The van der Waals surface area contributed by atoms with Gasteiger partial charge in [0.1, 0.15) is 6.61 Å². The van der Waals surface area contributed by atoms with Gasteiger partial charge in [0.25, 0.3) is 0 Å². The summed E-state index contributed by atoms with van der Waals surface area (Å²) in [5.74, 6) is -0.414. The summed E-state index contributed by atoms with van der Waals surface area (Å²) in [6.07, 6.45) is 26.0. The monoisotopic (exact) mass is 506 g/mol. The van der Waals surface area contributed by atoms with Gasteiger partial charge in [-0.25, -0.2) is 0 Å². The quantitative estimate of drug-likeness (QED) is 0.0631. The van der Waals surface area contributed by atoms with E-state index in [2.05, 4.69) is 6.92 Å². The summed E-state index contributed by atoms with van der Waals surface area (Å²) in [5.41, 5.74) is 0. The lowest BCUT2D eigenvalue weighted by molar-refractivity contribution is -0.146. The van der Waals surface area contributed by atoms with Gasteiger partial charge >= 0.3 is 13.6 Å². The maximum Gasteiger partial charge on any atom is 0.328 e. The van der Waals surface area contributed by atoms with Crippen molar-refractivity contribution in [2.75, 3.05) is 12.8 Å². The van der Waals surface area contributed by atoms with Gasteiger partial charge in [0, 0.05) is 6.42 Å². The third kappa shape index (κ3) is 27.8. The van der Waals surface area contributed by atoms with Gasteiger partial charge < -0.3 is 19.6 Å². The third-order valence-electron chi connectivity index (χ3n) is 6.37. The molecular weight excluding hydrogens is 451 g/mol. The highest BCUT2D eigenvalue weighted by Crippen LogP contribution is 2.34. The normalized spacial score (nSPS) is 12.7. The molecule has 0 aliphatic heterocycles. The molecule has 3 N–H and O–H groups in total. The topological polar surface area (TPSA) is 104 Å². The van der Waals surface area contributed by atoms with Crippen LogP contribution in [0.1, 0.15) is 148 Å². The first-order valence-corrected chi connectivity index (χ1v) is 16.0. The van der Waals surface area contributed by atoms with E-state index in [1.165, 1.54) is 116 Å². The summed E-state index contributed by atoms with van der Waals surface area (Å²) < 4.78 is 15.6. The van der Waals surface area contributed by atoms with Crippen LogP contribution in [0.25, 0.3) is 0 Å². The molecular formula is C27H55O6P. The Hall–Kier alpha value is -0.420. The highest BCUT2D eigenvalue weighted by molar-refractivity contribution is 7.51. The van der Waals surface area contributed by atoms with E-state index in [-0.39, 0.29) is 6.61 Å². The van der Waals surface area contributed by atoms with Gasteiger partial charge in [-0.15, -0.1) is 0 Å². The Labute approximate surface area is 209 Å². The van der Waals surface area contributed by atoms with Crippen LogP contribution in [-0.2, 0) is 14.1 Å². The fourth-order valence-corrected chi connectivity index (χ4v) is 4.94. The first kappa shape index (κ1) is 33.6. The average molecular weight is 507 g/mol. The van der Waals surface area contributed by atoms with Crippen molar-refractivity contribution in [3.05, 3.63) is 0 Å².